The summed E-state index contributed by atoms with van der Waals surface area (Å²) in [6.07, 6.45) is 22.2. The molecule has 0 N–H and O–H groups in total. The molecule has 2 heteroatoms. The van der Waals surface area contributed by atoms with E-state index in [2.05, 4.69) is 59.9 Å². The van der Waals surface area contributed by atoms with E-state index in [4.69, 9.17) is 0 Å². The van der Waals surface area contributed by atoms with E-state index in [1.165, 1.54) is 82.6 Å². The molecule has 2 atom stereocenters. The minimum absolute atomic E-state index is 0.579. The lowest BCUT2D eigenvalue weighted by Gasteiger charge is -2.29. The van der Waals surface area contributed by atoms with Crippen LogP contribution in [0, 0.1) is 5.92 Å². The van der Waals surface area contributed by atoms with Gasteiger partial charge < -0.3 is 4.57 Å². The molecule has 0 fully saturated rings. The van der Waals surface area contributed by atoms with Crippen molar-refractivity contribution in [2.45, 2.75) is 96.9 Å². The molecular formula is C25H40N2. The van der Waals surface area contributed by atoms with Gasteiger partial charge in [0.15, 0.2) is 0 Å². The van der Waals surface area contributed by atoms with E-state index in [9.17, 15) is 0 Å². The van der Waals surface area contributed by atoms with Gasteiger partial charge in [-0.15, -0.1) is 0 Å². The molecule has 0 spiro atoms. The summed E-state index contributed by atoms with van der Waals surface area (Å²) in [5.74, 6) is 0.698. The van der Waals surface area contributed by atoms with Crippen LogP contribution in [0.1, 0.15) is 96.1 Å². The Morgan fingerprint density at radius 2 is 1.48 bits per heavy atom. The van der Waals surface area contributed by atoms with Crippen LogP contribution in [-0.2, 0) is 6.42 Å². The molecular weight excluding hydrogens is 328 g/mol. The van der Waals surface area contributed by atoms with E-state index in [1.54, 1.807) is 0 Å². The first-order valence-electron chi connectivity index (χ1n) is 11.4. The Bertz CT molecular complexity index is 561. The predicted octanol–water partition coefficient (Wildman–Crippen LogP) is 7.61. The second-order valence-electron chi connectivity index (χ2n) is 8.08. The Labute approximate surface area is 167 Å². The van der Waals surface area contributed by atoms with Crippen molar-refractivity contribution in [1.29, 1.82) is 0 Å². The summed E-state index contributed by atoms with van der Waals surface area (Å²) in [6, 6.07) is 11.6. The summed E-state index contributed by atoms with van der Waals surface area (Å²) in [4.78, 5) is 4.36. The van der Waals surface area contributed by atoms with Crippen molar-refractivity contribution in [3.8, 4) is 0 Å². The molecule has 2 aromatic rings. The van der Waals surface area contributed by atoms with Crippen LogP contribution >= 0.6 is 0 Å². The fourth-order valence-electron chi connectivity index (χ4n) is 4.23. The number of nitrogens with zero attached hydrogens (tertiary/aromatic N) is 2. The van der Waals surface area contributed by atoms with E-state index in [0.717, 1.165) is 0 Å². The third-order valence-electron chi connectivity index (χ3n) is 5.82. The van der Waals surface area contributed by atoms with Gasteiger partial charge in [-0.3, -0.25) is 0 Å². The maximum absolute atomic E-state index is 4.36. The fourth-order valence-corrected chi connectivity index (χ4v) is 4.23. The minimum Gasteiger partial charge on any atom is -0.334 e. The monoisotopic (exact) mass is 368 g/mol. The molecule has 1 aromatic carbocycles. The summed E-state index contributed by atoms with van der Waals surface area (Å²) in [5, 5.41) is 0. The van der Waals surface area contributed by atoms with Gasteiger partial charge in [-0.1, -0.05) is 102 Å². The average Bonchev–Trinajstić information content (AvgIpc) is 3.22. The highest BCUT2D eigenvalue weighted by atomic mass is 15.1. The molecule has 150 valence electrons. The lowest BCUT2D eigenvalue weighted by Crippen LogP contribution is -2.21. The van der Waals surface area contributed by atoms with E-state index in [1.807, 2.05) is 12.5 Å². The predicted molar refractivity (Wildman–Crippen MR) is 117 cm³/mol. The van der Waals surface area contributed by atoms with Gasteiger partial charge in [-0.25, -0.2) is 4.98 Å². The second kappa shape index (κ2) is 13.6. The smallest absolute Gasteiger partial charge is 0.0948 e. The first-order valence-corrected chi connectivity index (χ1v) is 11.4. The number of hydrogen-bond donors (Lipinski definition) is 0. The minimum atomic E-state index is 0.579. The highest BCUT2D eigenvalue weighted by Gasteiger charge is 2.22. The van der Waals surface area contributed by atoms with Crippen LogP contribution in [0.25, 0.3) is 0 Å². The molecule has 1 aromatic heterocycles. The van der Waals surface area contributed by atoms with Crippen LogP contribution in [0.4, 0.5) is 0 Å². The Kier molecular flexibility index (Phi) is 10.9. The van der Waals surface area contributed by atoms with E-state index < -0.39 is 0 Å². The third-order valence-corrected chi connectivity index (χ3v) is 5.82. The first kappa shape index (κ1) is 21.7. The van der Waals surface area contributed by atoms with Crippen molar-refractivity contribution in [1.82, 2.24) is 9.55 Å². The normalized spacial score (nSPS) is 13.6. The standard InChI is InChI=1S/C25H40N2/c1-3-5-7-8-9-14-18-25(27-20-19-26-22-27)24(17-11-6-4-2)21-23-15-12-10-13-16-23/h10,12-13,15-16,19-20,22,24-25H,3-9,11,14,17-18,21H2,1-2H3. The zero-order chi connectivity index (χ0) is 19.2. The molecule has 2 nitrogen and oxygen atoms in total. The van der Waals surface area contributed by atoms with E-state index >= 15 is 0 Å². The second-order valence-corrected chi connectivity index (χ2v) is 8.08. The molecule has 0 amide bonds. The van der Waals surface area contributed by atoms with Crippen LogP contribution in [-0.4, -0.2) is 9.55 Å². The maximum atomic E-state index is 4.36. The third kappa shape index (κ3) is 8.32. The van der Waals surface area contributed by atoms with Crippen molar-refractivity contribution in [3.05, 3.63) is 54.6 Å². The molecule has 0 bridgehead atoms. The summed E-state index contributed by atoms with van der Waals surface area (Å²) in [7, 11) is 0. The lowest BCUT2D eigenvalue weighted by molar-refractivity contribution is 0.276. The fraction of sp³-hybridized carbons (Fsp3) is 0.640. The van der Waals surface area contributed by atoms with Crippen molar-refractivity contribution in [2.24, 2.45) is 5.92 Å². The molecule has 0 aliphatic heterocycles. The van der Waals surface area contributed by atoms with Crippen LogP contribution in [0.2, 0.25) is 0 Å². The van der Waals surface area contributed by atoms with Gasteiger partial charge in [0.05, 0.1) is 6.33 Å². The highest BCUT2D eigenvalue weighted by molar-refractivity contribution is 5.15. The van der Waals surface area contributed by atoms with E-state index in [0.29, 0.717) is 12.0 Å². The highest BCUT2D eigenvalue weighted by Crippen LogP contribution is 2.32. The van der Waals surface area contributed by atoms with E-state index in [-0.39, 0.29) is 0 Å². The molecule has 0 saturated heterocycles. The van der Waals surface area contributed by atoms with Crippen LogP contribution in [0.5, 0.6) is 0 Å². The lowest BCUT2D eigenvalue weighted by atomic mass is 9.84. The number of hydrogen-bond acceptors (Lipinski definition) is 1. The Morgan fingerprint density at radius 1 is 0.815 bits per heavy atom. The molecule has 2 rings (SSSR count). The van der Waals surface area contributed by atoms with Crippen LogP contribution < -0.4 is 0 Å². The van der Waals surface area contributed by atoms with Gasteiger partial charge in [0.2, 0.25) is 0 Å². The van der Waals surface area contributed by atoms with Gasteiger partial charge >= 0.3 is 0 Å². The van der Waals surface area contributed by atoms with Gasteiger partial charge in [0, 0.05) is 18.4 Å². The van der Waals surface area contributed by atoms with Crippen molar-refractivity contribution in [2.75, 3.05) is 0 Å². The van der Waals surface area contributed by atoms with Crippen LogP contribution in [0.15, 0.2) is 49.1 Å². The number of unbranched alkanes of at least 4 members (excludes halogenated alkanes) is 7. The molecule has 0 aliphatic rings. The number of imidazole rings is 1. The van der Waals surface area contributed by atoms with Crippen molar-refractivity contribution < 1.29 is 0 Å². The summed E-state index contributed by atoms with van der Waals surface area (Å²) >= 11 is 0. The average molecular weight is 369 g/mol. The Balaban J connectivity index is 2.01. The Hall–Kier alpha value is -1.57. The molecule has 2 unspecified atom stereocenters. The topological polar surface area (TPSA) is 17.8 Å². The summed E-state index contributed by atoms with van der Waals surface area (Å²) in [5.41, 5.74) is 1.48. The maximum Gasteiger partial charge on any atom is 0.0948 e. The van der Waals surface area contributed by atoms with Crippen molar-refractivity contribution >= 4 is 0 Å². The quantitative estimate of drug-likeness (QED) is 0.296. The Morgan fingerprint density at radius 3 is 2.19 bits per heavy atom. The summed E-state index contributed by atoms with van der Waals surface area (Å²) in [6.45, 7) is 4.59. The van der Waals surface area contributed by atoms with Crippen LogP contribution in [0.3, 0.4) is 0 Å². The number of rotatable bonds is 15. The first-order chi connectivity index (χ1) is 13.3. The van der Waals surface area contributed by atoms with Gasteiger partial charge in [-0.2, -0.15) is 0 Å². The number of benzene rings is 1. The number of aromatic nitrogens is 2. The SMILES string of the molecule is CCCCCCCCC(C(CCCCC)Cc1ccccc1)n1ccnc1. The van der Waals surface area contributed by atoms with Crippen molar-refractivity contribution in [3.63, 3.8) is 0 Å². The summed E-state index contributed by atoms with van der Waals surface area (Å²) < 4.78 is 2.39. The zero-order valence-corrected chi connectivity index (χ0v) is 17.7. The molecule has 0 aliphatic carbocycles. The largest absolute Gasteiger partial charge is 0.334 e. The zero-order valence-electron chi connectivity index (χ0n) is 17.7. The molecule has 0 radical (unpaired) electrons. The van der Waals surface area contributed by atoms with Gasteiger partial charge in [-0.05, 0) is 30.7 Å². The van der Waals surface area contributed by atoms with Gasteiger partial charge in [0.1, 0.15) is 0 Å². The molecule has 27 heavy (non-hydrogen) atoms. The molecule has 0 saturated carbocycles. The van der Waals surface area contributed by atoms with Gasteiger partial charge in [0.25, 0.3) is 0 Å². The molecule has 1 heterocycles.